The van der Waals surface area contributed by atoms with Crippen LogP contribution in [0.2, 0.25) is 0 Å². The Labute approximate surface area is 117 Å². The average molecular weight is 276 g/mol. The Morgan fingerprint density at radius 3 is 2.74 bits per heavy atom. The molecule has 0 unspecified atom stereocenters. The third-order valence-corrected chi connectivity index (χ3v) is 4.08. The van der Waals surface area contributed by atoms with Gasteiger partial charge in [0.2, 0.25) is 0 Å². The highest BCUT2D eigenvalue weighted by molar-refractivity contribution is 7.07. The van der Waals surface area contributed by atoms with Crippen LogP contribution in [-0.4, -0.2) is 16.3 Å². The Hall–Kier alpha value is -1.39. The van der Waals surface area contributed by atoms with Gasteiger partial charge in [-0.05, 0) is 38.8 Å². The minimum atomic E-state index is 0.214. The van der Waals surface area contributed by atoms with Crippen LogP contribution in [0.3, 0.4) is 0 Å². The Bertz CT molecular complexity index is 625. The number of nitrogens with zero attached hydrogens (tertiary/aromatic N) is 2. The third-order valence-electron chi connectivity index (χ3n) is 3.10. The summed E-state index contributed by atoms with van der Waals surface area (Å²) < 4.78 is 2.17. The second kappa shape index (κ2) is 6.17. The van der Waals surface area contributed by atoms with Crippen molar-refractivity contribution in [2.75, 3.05) is 6.61 Å². The number of aliphatic hydroxyl groups excluding tert-OH is 1. The van der Waals surface area contributed by atoms with Crippen LogP contribution in [0.15, 0.2) is 28.6 Å². The summed E-state index contributed by atoms with van der Waals surface area (Å²) in [5.41, 5.74) is 4.67. The van der Waals surface area contributed by atoms with Crippen molar-refractivity contribution in [3.8, 4) is 0 Å². The van der Waals surface area contributed by atoms with E-state index < -0.39 is 0 Å². The maximum atomic E-state index is 8.97. The zero-order valence-corrected chi connectivity index (χ0v) is 12.5. The molecule has 0 fully saturated rings. The fraction of sp³-hybridized carbons (Fsp3) is 0.400. The standard InChI is InChI=1S/C15H20N2OS/c1-11-5-6-14(12(2)9-11)16-15-17(7-4-8-18)13(3)10-19-15/h5-6,9-10,18H,4,7-8H2,1-3H3. The van der Waals surface area contributed by atoms with Crippen LogP contribution in [-0.2, 0) is 6.54 Å². The van der Waals surface area contributed by atoms with E-state index in [1.807, 2.05) is 0 Å². The first-order valence-corrected chi connectivity index (χ1v) is 7.37. The fourth-order valence-corrected chi connectivity index (χ4v) is 2.95. The van der Waals surface area contributed by atoms with E-state index in [9.17, 15) is 0 Å². The molecule has 2 aromatic rings. The smallest absolute Gasteiger partial charge is 0.190 e. The maximum absolute atomic E-state index is 8.97. The van der Waals surface area contributed by atoms with Crippen LogP contribution in [0.25, 0.3) is 0 Å². The van der Waals surface area contributed by atoms with Gasteiger partial charge in [0.15, 0.2) is 4.80 Å². The number of aliphatic hydroxyl groups is 1. The van der Waals surface area contributed by atoms with Gasteiger partial charge in [-0.3, -0.25) is 0 Å². The number of benzene rings is 1. The molecule has 2 rings (SSSR count). The molecule has 0 radical (unpaired) electrons. The van der Waals surface area contributed by atoms with Crippen LogP contribution in [0.1, 0.15) is 23.2 Å². The first kappa shape index (κ1) is 14.0. The van der Waals surface area contributed by atoms with E-state index >= 15 is 0 Å². The molecule has 0 atom stereocenters. The summed E-state index contributed by atoms with van der Waals surface area (Å²) in [6.45, 7) is 7.29. The largest absolute Gasteiger partial charge is 0.396 e. The highest BCUT2D eigenvalue weighted by atomic mass is 32.1. The summed E-state index contributed by atoms with van der Waals surface area (Å²) in [6.07, 6.45) is 0.762. The fourth-order valence-electron chi connectivity index (χ4n) is 2.04. The Kier molecular flexibility index (Phi) is 4.56. The van der Waals surface area contributed by atoms with Crippen molar-refractivity contribution >= 4 is 17.0 Å². The molecule has 0 aliphatic heterocycles. The van der Waals surface area contributed by atoms with Crippen molar-refractivity contribution < 1.29 is 5.11 Å². The van der Waals surface area contributed by atoms with E-state index in [0.717, 1.165) is 23.5 Å². The van der Waals surface area contributed by atoms with Gasteiger partial charge in [-0.2, -0.15) is 0 Å². The van der Waals surface area contributed by atoms with E-state index in [2.05, 4.69) is 48.9 Å². The average Bonchev–Trinajstić information content (AvgIpc) is 2.71. The van der Waals surface area contributed by atoms with Gasteiger partial charge < -0.3 is 9.67 Å². The van der Waals surface area contributed by atoms with Crippen molar-refractivity contribution in [1.29, 1.82) is 0 Å². The lowest BCUT2D eigenvalue weighted by molar-refractivity contribution is 0.279. The molecule has 0 spiro atoms. The van der Waals surface area contributed by atoms with Gasteiger partial charge in [-0.1, -0.05) is 17.7 Å². The van der Waals surface area contributed by atoms with Gasteiger partial charge >= 0.3 is 0 Å². The van der Waals surface area contributed by atoms with E-state index in [-0.39, 0.29) is 6.61 Å². The number of hydrogen-bond acceptors (Lipinski definition) is 3. The number of rotatable bonds is 4. The highest BCUT2D eigenvalue weighted by Crippen LogP contribution is 2.19. The van der Waals surface area contributed by atoms with Crippen LogP contribution in [0.4, 0.5) is 5.69 Å². The number of thiazole rings is 1. The molecule has 0 amide bonds. The molecule has 1 aromatic carbocycles. The molecule has 1 N–H and O–H groups in total. The molecular weight excluding hydrogens is 256 g/mol. The van der Waals surface area contributed by atoms with Crippen LogP contribution in [0.5, 0.6) is 0 Å². The molecule has 0 aliphatic carbocycles. The van der Waals surface area contributed by atoms with E-state index in [4.69, 9.17) is 10.1 Å². The Morgan fingerprint density at radius 1 is 1.26 bits per heavy atom. The van der Waals surface area contributed by atoms with Crippen molar-refractivity contribution in [3.05, 3.63) is 45.2 Å². The Morgan fingerprint density at radius 2 is 2.05 bits per heavy atom. The van der Waals surface area contributed by atoms with Crippen LogP contribution < -0.4 is 4.80 Å². The first-order chi connectivity index (χ1) is 9.11. The van der Waals surface area contributed by atoms with Crippen LogP contribution >= 0.6 is 11.3 Å². The number of hydrogen-bond donors (Lipinski definition) is 1. The van der Waals surface area contributed by atoms with Gasteiger partial charge in [0.1, 0.15) is 0 Å². The van der Waals surface area contributed by atoms with Gasteiger partial charge in [-0.15, -0.1) is 11.3 Å². The van der Waals surface area contributed by atoms with E-state index in [0.29, 0.717) is 0 Å². The lowest BCUT2D eigenvalue weighted by Crippen LogP contribution is -2.16. The second-order valence-electron chi connectivity index (χ2n) is 4.79. The minimum Gasteiger partial charge on any atom is -0.396 e. The summed E-state index contributed by atoms with van der Waals surface area (Å²) in [6, 6.07) is 6.30. The summed E-state index contributed by atoms with van der Waals surface area (Å²) in [7, 11) is 0. The van der Waals surface area contributed by atoms with Gasteiger partial charge in [0.05, 0.1) is 5.69 Å². The SMILES string of the molecule is Cc1ccc(N=c2scc(C)n2CCCO)c(C)c1. The zero-order chi connectivity index (χ0) is 13.8. The number of aryl methyl sites for hydroxylation is 3. The van der Waals surface area contributed by atoms with E-state index in [1.54, 1.807) is 11.3 Å². The number of aromatic nitrogens is 1. The van der Waals surface area contributed by atoms with Crippen molar-refractivity contribution in [2.45, 2.75) is 33.7 Å². The van der Waals surface area contributed by atoms with Crippen molar-refractivity contribution in [2.24, 2.45) is 4.99 Å². The molecule has 0 saturated carbocycles. The lowest BCUT2D eigenvalue weighted by Gasteiger charge is -2.05. The van der Waals surface area contributed by atoms with Crippen molar-refractivity contribution in [3.63, 3.8) is 0 Å². The molecule has 0 bridgehead atoms. The molecule has 4 heteroatoms. The quantitative estimate of drug-likeness (QED) is 0.915. The summed E-state index contributed by atoms with van der Waals surface area (Å²) in [5, 5.41) is 11.1. The van der Waals surface area contributed by atoms with Crippen LogP contribution in [0, 0.1) is 20.8 Å². The molecule has 102 valence electrons. The summed E-state index contributed by atoms with van der Waals surface area (Å²) in [5.74, 6) is 0. The topological polar surface area (TPSA) is 37.5 Å². The molecular formula is C15H20N2OS. The highest BCUT2D eigenvalue weighted by Gasteiger charge is 2.02. The molecule has 0 aliphatic rings. The predicted octanol–water partition coefficient (Wildman–Crippen LogP) is 3.09. The minimum absolute atomic E-state index is 0.214. The van der Waals surface area contributed by atoms with Crippen molar-refractivity contribution in [1.82, 2.24) is 4.57 Å². The zero-order valence-electron chi connectivity index (χ0n) is 11.7. The maximum Gasteiger partial charge on any atom is 0.190 e. The third kappa shape index (κ3) is 3.33. The molecule has 19 heavy (non-hydrogen) atoms. The summed E-state index contributed by atoms with van der Waals surface area (Å²) in [4.78, 5) is 5.75. The van der Waals surface area contributed by atoms with Gasteiger partial charge in [0, 0.05) is 24.2 Å². The molecule has 1 heterocycles. The second-order valence-corrected chi connectivity index (χ2v) is 5.63. The first-order valence-electron chi connectivity index (χ1n) is 6.49. The summed E-state index contributed by atoms with van der Waals surface area (Å²) >= 11 is 1.65. The molecule has 0 saturated heterocycles. The predicted molar refractivity (Wildman–Crippen MR) is 79.9 cm³/mol. The van der Waals surface area contributed by atoms with Gasteiger partial charge in [0.25, 0.3) is 0 Å². The normalized spacial score (nSPS) is 12.1. The van der Waals surface area contributed by atoms with E-state index in [1.165, 1.54) is 16.8 Å². The lowest BCUT2D eigenvalue weighted by atomic mass is 10.1. The molecule has 1 aromatic heterocycles. The monoisotopic (exact) mass is 276 g/mol. The molecule has 3 nitrogen and oxygen atoms in total. The Balaban J connectivity index is 2.43. The van der Waals surface area contributed by atoms with Gasteiger partial charge in [-0.25, -0.2) is 4.99 Å².